The van der Waals surface area contributed by atoms with Crippen molar-refractivity contribution in [3.8, 4) is 0 Å². The summed E-state index contributed by atoms with van der Waals surface area (Å²) >= 11 is 1.65. The van der Waals surface area contributed by atoms with Gasteiger partial charge < -0.3 is 14.6 Å². The number of hydrogen-bond acceptors (Lipinski definition) is 4. The zero-order chi connectivity index (χ0) is 17.3. The van der Waals surface area contributed by atoms with Crippen LogP contribution >= 0.6 is 11.8 Å². The van der Waals surface area contributed by atoms with Crippen LogP contribution in [0.15, 0.2) is 24.3 Å². The second-order valence-electron chi connectivity index (χ2n) is 6.08. The minimum atomic E-state index is -0.963. The van der Waals surface area contributed by atoms with Gasteiger partial charge in [0, 0.05) is 6.04 Å². The van der Waals surface area contributed by atoms with E-state index < -0.39 is 12.0 Å². The summed E-state index contributed by atoms with van der Waals surface area (Å²) in [5.41, 5.74) is 1.77. The number of imidazole rings is 1. The summed E-state index contributed by atoms with van der Waals surface area (Å²) in [6.07, 6.45) is 3.76. The molecular weight excluding hydrogens is 326 g/mol. The number of carboxylic acids is 1. The predicted molar refractivity (Wildman–Crippen MR) is 93.9 cm³/mol. The van der Waals surface area contributed by atoms with E-state index in [1.807, 2.05) is 35.1 Å². The highest BCUT2D eigenvalue weighted by molar-refractivity contribution is 7.97. The van der Waals surface area contributed by atoms with Gasteiger partial charge in [0.25, 0.3) is 0 Å². The molecule has 1 amide bonds. The first-order chi connectivity index (χ1) is 11.5. The molecule has 1 aliphatic carbocycles. The minimum absolute atomic E-state index is 0.0578. The maximum atomic E-state index is 12.8. The average Bonchev–Trinajstić information content (AvgIpc) is 3.32. The van der Waals surface area contributed by atoms with Crippen LogP contribution in [0.25, 0.3) is 11.0 Å². The third-order valence-electron chi connectivity index (χ3n) is 4.30. The molecule has 0 radical (unpaired) electrons. The van der Waals surface area contributed by atoms with Crippen LogP contribution in [0.5, 0.6) is 0 Å². The lowest BCUT2D eigenvalue weighted by Gasteiger charge is -2.27. The summed E-state index contributed by atoms with van der Waals surface area (Å²) in [5, 5.41) is 9.30. The molecule has 0 aliphatic heterocycles. The number of carbonyl (C=O) groups excluding carboxylic acids is 1. The molecule has 1 aliphatic rings. The van der Waals surface area contributed by atoms with Gasteiger partial charge in [-0.3, -0.25) is 4.79 Å². The zero-order valence-corrected chi connectivity index (χ0v) is 14.6. The Kier molecular flexibility index (Phi) is 4.80. The predicted octanol–water partition coefficient (Wildman–Crippen LogP) is 2.36. The molecule has 1 N–H and O–H groups in total. The van der Waals surface area contributed by atoms with Crippen molar-refractivity contribution in [2.24, 2.45) is 0 Å². The number of carbonyl (C=O) groups is 2. The summed E-state index contributed by atoms with van der Waals surface area (Å²) in [6, 6.07) is 6.98. The van der Waals surface area contributed by atoms with Crippen molar-refractivity contribution in [1.82, 2.24) is 14.5 Å². The Morgan fingerprint density at radius 1 is 1.42 bits per heavy atom. The number of fused-ring (bicyclic) bond motifs is 1. The van der Waals surface area contributed by atoms with Gasteiger partial charge in [-0.1, -0.05) is 12.1 Å². The fourth-order valence-corrected chi connectivity index (χ4v) is 3.44. The Hall–Kier alpha value is -2.02. The van der Waals surface area contributed by atoms with Crippen molar-refractivity contribution in [3.63, 3.8) is 0 Å². The molecule has 1 heterocycles. The van der Waals surface area contributed by atoms with E-state index in [0.717, 1.165) is 29.7 Å². The first-order valence-electron chi connectivity index (χ1n) is 8.00. The quantitative estimate of drug-likeness (QED) is 0.832. The first kappa shape index (κ1) is 16.8. The van der Waals surface area contributed by atoms with E-state index in [-0.39, 0.29) is 18.5 Å². The third-order valence-corrected chi connectivity index (χ3v) is 4.85. The molecule has 128 valence electrons. The molecular formula is C17H21N3O3S. The number of thioether (sulfide) groups is 1. The van der Waals surface area contributed by atoms with Gasteiger partial charge in [-0.05, 0) is 38.2 Å². The topological polar surface area (TPSA) is 75.4 Å². The van der Waals surface area contributed by atoms with Crippen molar-refractivity contribution in [2.45, 2.75) is 44.1 Å². The molecule has 7 heteroatoms. The summed E-state index contributed by atoms with van der Waals surface area (Å²) in [7, 11) is 0. The van der Waals surface area contributed by atoms with E-state index in [1.54, 1.807) is 18.7 Å². The summed E-state index contributed by atoms with van der Waals surface area (Å²) in [4.78, 5) is 30.3. The number of rotatable bonds is 7. The molecule has 1 aromatic heterocycles. The monoisotopic (exact) mass is 347 g/mol. The molecule has 2 aromatic rings. The van der Waals surface area contributed by atoms with Crippen LogP contribution in [0.2, 0.25) is 0 Å². The van der Waals surface area contributed by atoms with E-state index in [2.05, 4.69) is 4.98 Å². The molecule has 1 fully saturated rings. The van der Waals surface area contributed by atoms with E-state index in [1.165, 1.54) is 4.90 Å². The van der Waals surface area contributed by atoms with Crippen LogP contribution in [0.4, 0.5) is 0 Å². The van der Waals surface area contributed by atoms with Crippen LogP contribution in [0.1, 0.15) is 25.6 Å². The number of para-hydroxylation sites is 2. The molecule has 6 nitrogen and oxygen atoms in total. The van der Waals surface area contributed by atoms with Gasteiger partial charge in [0.1, 0.15) is 18.4 Å². The fraction of sp³-hybridized carbons (Fsp3) is 0.471. The van der Waals surface area contributed by atoms with Gasteiger partial charge in [-0.15, -0.1) is 0 Å². The average molecular weight is 347 g/mol. The van der Waals surface area contributed by atoms with Crippen LogP contribution in [0.3, 0.4) is 0 Å². The Morgan fingerprint density at radius 3 is 2.75 bits per heavy atom. The number of aromatic nitrogens is 2. The molecule has 0 bridgehead atoms. The van der Waals surface area contributed by atoms with Crippen LogP contribution < -0.4 is 0 Å². The number of aliphatic carboxylic acids is 1. The smallest absolute Gasteiger partial charge is 0.326 e. The molecule has 1 saturated carbocycles. The van der Waals surface area contributed by atoms with Crippen LogP contribution in [-0.2, 0) is 21.9 Å². The Labute approximate surface area is 144 Å². The summed E-state index contributed by atoms with van der Waals surface area (Å²) < 4.78 is 1.91. The van der Waals surface area contributed by atoms with E-state index >= 15 is 0 Å². The fourth-order valence-electron chi connectivity index (χ4n) is 2.97. The van der Waals surface area contributed by atoms with Gasteiger partial charge in [0.2, 0.25) is 5.91 Å². The van der Waals surface area contributed by atoms with Crippen molar-refractivity contribution < 1.29 is 14.7 Å². The molecule has 1 atom stereocenters. The standard InChI is InChI=1S/C17H21N3O3S/c1-11(17(22)23)20(12-7-8-12)16(21)9-19-14-6-4-3-5-13(14)18-15(19)10-24-2/h3-6,11-12H,7-10H2,1-2H3,(H,22,23). The number of carboxylic acid groups (broad SMARTS) is 1. The highest BCUT2D eigenvalue weighted by atomic mass is 32.2. The minimum Gasteiger partial charge on any atom is -0.480 e. The first-order valence-corrected chi connectivity index (χ1v) is 9.39. The summed E-state index contributed by atoms with van der Waals surface area (Å²) in [5.74, 6) is 0.434. The number of nitrogens with zero attached hydrogens (tertiary/aromatic N) is 3. The molecule has 24 heavy (non-hydrogen) atoms. The molecule has 0 saturated heterocycles. The van der Waals surface area contributed by atoms with Gasteiger partial charge in [0.05, 0.1) is 16.8 Å². The van der Waals surface area contributed by atoms with E-state index in [0.29, 0.717) is 5.75 Å². The summed E-state index contributed by atoms with van der Waals surface area (Å²) in [6.45, 7) is 1.71. The normalized spacial score (nSPS) is 15.4. The lowest BCUT2D eigenvalue weighted by atomic mass is 10.2. The number of benzene rings is 1. The van der Waals surface area contributed by atoms with Gasteiger partial charge in [-0.2, -0.15) is 11.8 Å². The second-order valence-corrected chi connectivity index (χ2v) is 6.95. The van der Waals surface area contributed by atoms with Gasteiger partial charge >= 0.3 is 5.97 Å². The molecule has 1 aromatic carbocycles. The third kappa shape index (κ3) is 3.26. The number of hydrogen-bond donors (Lipinski definition) is 1. The van der Waals surface area contributed by atoms with E-state index in [9.17, 15) is 14.7 Å². The highest BCUT2D eigenvalue weighted by Crippen LogP contribution is 2.29. The van der Waals surface area contributed by atoms with Crippen molar-refractivity contribution in [3.05, 3.63) is 30.1 Å². The van der Waals surface area contributed by atoms with Crippen molar-refractivity contribution >= 4 is 34.7 Å². The van der Waals surface area contributed by atoms with Crippen molar-refractivity contribution in [1.29, 1.82) is 0 Å². The zero-order valence-electron chi connectivity index (χ0n) is 13.8. The highest BCUT2D eigenvalue weighted by Gasteiger charge is 2.38. The maximum Gasteiger partial charge on any atom is 0.326 e. The molecule has 3 rings (SSSR count). The largest absolute Gasteiger partial charge is 0.480 e. The second kappa shape index (κ2) is 6.84. The van der Waals surface area contributed by atoms with Crippen LogP contribution in [0, 0.1) is 0 Å². The van der Waals surface area contributed by atoms with Crippen molar-refractivity contribution in [2.75, 3.05) is 6.26 Å². The lowest BCUT2D eigenvalue weighted by Crippen LogP contribution is -2.46. The molecule has 1 unspecified atom stereocenters. The van der Waals surface area contributed by atoms with Gasteiger partial charge in [0.15, 0.2) is 0 Å². The molecule has 0 spiro atoms. The Bertz CT molecular complexity index is 770. The lowest BCUT2D eigenvalue weighted by molar-refractivity contribution is -0.150. The van der Waals surface area contributed by atoms with Crippen LogP contribution in [-0.4, -0.2) is 49.8 Å². The Balaban J connectivity index is 1.91. The Morgan fingerprint density at radius 2 is 2.12 bits per heavy atom. The number of amides is 1. The SMILES string of the molecule is CSCc1nc2ccccc2n1CC(=O)N(C1CC1)C(C)C(=O)O. The van der Waals surface area contributed by atoms with E-state index in [4.69, 9.17) is 0 Å². The maximum absolute atomic E-state index is 12.8. The van der Waals surface area contributed by atoms with Gasteiger partial charge in [-0.25, -0.2) is 9.78 Å².